The molecule has 0 spiro atoms. The van der Waals surface area contributed by atoms with Gasteiger partial charge in [0.15, 0.2) is 29.1 Å². The fourth-order valence-corrected chi connectivity index (χ4v) is 11.6. The van der Waals surface area contributed by atoms with Gasteiger partial charge in [-0.05, 0) is 70.0 Å². The average Bonchev–Trinajstić information content (AvgIpc) is 0.805. The van der Waals surface area contributed by atoms with Crippen LogP contribution >= 0.6 is 0 Å². The maximum Gasteiger partial charge on any atom is 0.166 e. The summed E-state index contributed by atoms with van der Waals surface area (Å²) in [5.41, 5.74) is 17.8. The van der Waals surface area contributed by atoms with Gasteiger partial charge in [-0.2, -0.15) is 0 Å². The Morgan fingerprint density at radius 1 is 0.239 bits per heavy atom. The molecule has 88 heavy (non-hydrogen) atoms. The lowest BCUT2D eigenvalue weighted by atomic mass is 9.78. The van der Waals surface area contributed by atoms with Gasteiger partial charge in [-0.3, -0.25) is 4.90 Å². The number of nitrogens with zero attached hydrogens (tertiary/aromatic N) is 9. The third-order valence-electron chi connectivity index (χ3n) is 16.2. The first-order chi connectivity index (χ1) is 42.9. The van der Waals surface area contributed by atoms with Crippen molar-refractivity contribution in [2.75, 3.05) is 9.80 Å². The van der Waals surface area contributed by atoms with Crippen LogP contribution in [0.25, 0.3) is 102 Å². The minimum atomic E-state index is -0.248. The summed E-state index contributed by atoms with van der Waals surface area (Å²) in [6, 6.07) is 94.6. The van der Waals surface area contributed by atoms with Crippen LogP contribution in [0.15, 0.2) is 273 Å². The van der Waals surface area contributed by atoms with E-state index in [9.17, 15) is 0 Å². The Balaban J connectivity index is 1.12. The largest absolute Gasteiger partial charge is 0.306 e. The van der Waals surface area contributed by atoms with Gasteiger partial charge < -0.3 is 4.90 Å². The molecule has 13 aromatic rings. The Morgan fingerprint density at radius 3 is 0.989 bits per heavy atom. The van der Waals surface area contributed by atoms with E-state index in [1.165, 1.54) is 11.1 Å². The Hall–Kier alpha value is -11.0. The van der Waals surface area contributed by atoms with Gasteiger partial charge >= 0.3 is 0 Å². The smallest absolute Gasteiger partial charge is 0.166 e. The average molecular weight is 1140 g/mol. The highest BCUT2D eigenvalue weighted by Gasteiger charge is 2.36. The van der Waals surface area contributed by atoms with Gasteiger partial charge in [-0.1, -0.05) is 266 Å². The number of fused-ring (bicyclic) bond motifs is 2. The minimum absolute atomic E-state index is 0.248. The van der Waals surface area contributed by atoms with Crippen LogP contribution in [0.1, 0.15) is 52.7 Å². The van der Waals surface area contributed by atoms with Gasteiger partial charge in [0.25, 0.3) is 0 Å². The molecule has 9 heteroatoms. The molecular formula is C79H63N9. The lowest BCUT2D eigenvalue weighted by Crippen LogP contribution is -2.25. The molecule has 0 amide bonds. The van der Waals surface area contributed by atoms with E-state index in [2.05, 4.69) is 252 Å². The molecule has 0 saturated carbocycles. The van der Waals surface area contributed by atoms with Gasteiger partial charge in [-0.15, -0.1) is 0 Å². The molecule has 0 atom stereocenters. The molecule has 0 N–H and O–H groups in total. The van der Waals surface area contributed by atoms with E-state index in [4.69, 9.17) is 34.9 Å². The van der Waals surface area contributed by atoms with Crippen molar-refractivity contribution in [1.29, 1.82) is 0 Å². The van der Waals surface area contributed by atoms with Gasteiger partial charge in [-0.25, -0.2) is 34.9 Å². The fraction of sp³-hybridized carbons (Fsp3) is 0.101. The number of anilines is 6. The highest BCUT2D eigenvalue weighted by molar-refractivity contribution is 6.07. The number of rotatable bonds is 11. The molecule has 1 aliphatic heterocycles. The van der Waals surface area contributed by atoms with E-state index in [1.54, 1.807) is 0 Å². The molecule has 14 rings (SSSR count). The van der Waals surface area contributed by atoms with Crippen molar-refractivity contribution < 1.29 is 0 Å². The van der Waals surface area contributed by atoms with Gasteiger partial charge in [0.1, 0.15) is 5.82 Å². The van der Waals surface area contributed by atoms with E-state index < -0.39 is 0 Å². The molecule has 0 radical (unpaired) electrons. The second-order valence-corrected chi connectivity index (χ2v) is 24.2. The zero-order valence-electron chi connectivity index (χ0n) is 50.0. The van der Waals surface area contributed by atoms with Crippen LogP contribution in [0.3, 0.4) is 0 Å². The summed E-state index contributed by atoms with van der Waals surface area (Å²) in [5.74, 6) is 3.46. The van der Waals surface area contributed by atoms with Crippen molar-refractivity contribution in [3.8, 4) is 102 Å². The molecule has 0 fully saturated rings. The van der Waals surface area contributed by atoms with Crippen molar-refractivity contribution in [1.82, 2.24) is 34.9 Å². The highest BCUT2D eigenvalue weighted by atomic mass is 15.3. The van der Waals surface area contributed by atoms with Crippen molar-refractivity contribution in [3.63, 3.8) is 0 Å². The van der Waals surface area contributed by atoms with Crippen LogP contribution in [-0.4, -0.2) is 34.9 Å². The number of benzene rings is 10. The third-order valence-corrected chi connectivity index (χ3v) is 16.2. The molecule has 4 heterocycles. The molecule has 9 nitrogen and oxygen atoms in total. The Kier molecular flexibility index (Phi) is 14.2. The maximum atomic E-state index is 5.68. The first-order valence-electron chi connectivity index (χ1n) is 29.9. The normalized spacial score (nSPS) is 12.2. The number of hydrogen-bond donors (Lipinski definition) is 0. The predicted molar refractivity (Wildman–Crippen MR) is 360 cm³/mol. The van der Waals surface area contributed by atoms with Crippen LogP contribution < -0.4 is 9.80 Å². The fourth-order valence-electron chi connectivity index (χ4n) is 11.6. The molecule has 1 aliphatic rings. The zero-order chi connectivity index (χ0) is 59.9. The summed E-state index contributed by atoms with van der Waals surface area (Å²) in [7, 11) is 0. The first kappa shape index (κ1) is 54.9. The van der Waals surface area contributed by atoms with Gasteiger partial charge in [0.2, 0.25) is 0 Å². The lowest BCUT2D eigenvalue weighted by Gasteiger charge is -2.40. The second kappa shape index (κ2) is 22.8. The van der Waals surface area contributed by atoms with E-state index >= 15 is 0 Å². The van der Waals surface area contributed by atoms with Crippen LogP contribution in [0.4, 0.5) is 34.3 Å². The van der Waals surface area contributed by atoms with Crippen LogP contribution in [0, 0.1) is 0 Å². The van der Waals surface area contributed by atoms with Crippen molar-refractivity contribution in [2.24, 2.45) is 0 Å². The van der Waals surface area contributed by atoms with Crippen molar-refractivity contribution in [2.45, 2.75) is 52.4 Å². The number of aromatic nitrogens is 7. The summed E-state index contributed by atoms with van der Waals surface area (Å²) in [5, 5.41) is 0. The lowest BCUT2D eigenvalue weighted by molar-refractivity contribution is 0.569. The molecule has 10 aromatic carbocycles. The van der Waals surface area contributed by atoms with Crippen molar-refractivity contribution >= 4 is 34.3 Å². The van der Waals surface area contributed by atoms with E-state index in [0.29, 0.717) is 29.1 Å². The van der Waals surface area contributed by atoms with E-state index in [1.807, 2.05) is 72.8 Å². The third kappa shape index (κ3) is 10.7. The Labute approximate surface area is 514 Å². The molecule has 424 valence electrons. The number of para-hydroxylation sites is 4. The predicted octanol–water partition coefficient (Wildman–Crippen LogP) is 20.3. The summed E-state index contributed by atoms with van der Waals surface area (Å²) in [6.07, 6.45) is 0. The summed E-state index contributed by atoms with van der Waals surface area (Å²) in [4.78, 5) is 43.2. The first-order valence-corrected chi connectivity index (χ1v) is 29.9. The standard InChI is InChI=1S/C79H63N9/c1-78(2,3)59-47-58(48-60(49-59)79(4,5)6)71-61(76-81-62(52-29-13-7-14-30-52)50-63(82-76)53-31-15-8-16-32-53)45-46-69(72(71)77-85-74(56-37-21-11-22-38-56)84-75(86-77)57-39-23-12-24-40-57)87-65-41-25-27-43-67(65)88(68-44-28-26-42-66(68)87)70-51-64(54-33-17-9-18-34-54)80-73(83-70)55-35-19-10-20-36-55/h7-51H,1-6H3. The molecule has 0 aliphatic carbocycles. The Bertz CT molecular complexity index is 4430. The molecule has 0 unspecified atom stereocenters. The summed E-state index contributed by atoms with van der Waals surface area (Å²) < 4.78 is 0. The SMILES string of the molecule is CC(C)(C)c1cc(-c2c(-c3nc(-c4ccccc4)cc(-c4ccccc4)n3)ccc(N3c4ccccc4N(c4cc(-c5ccccc5)nc(-c5ccccc5)n4)c4ccccc43)c2-c2nc(-c3ccccc3)nc(-c3ccccc3)n2)cc(C(C)(C)C)c1. The molecule has 0 saturated heterocycles. The minimum Gasteiger partial charge on any atom is -0.306 e. The van der Waals surface area contributed by atoms with Crippen molar-refractivity contribution in [3.05, 3.63) is 284 Å². The topological polar surface area (TPSA) is 96.7 Å². The van der Waals surface area contributed by atoms with Crippen LogP contribution in [0.2, 0.25) is 0 Å². The van der Waals surface area contributed by atoms with Crippen LogP contribution in [0.5, 0.6) is 0 Å². The highest BCUT2D eigenvalue weighted by Crippen LogP contribution is 2.57. The summed E-state index contributed by atoms with van der Waals surface area (Å²) in [6.45, 7) is 13.7. The second-order valence-electron chi connectivity index (χ2n) is 24.2. The van der Waals surface area contributed by atoms with E-state index in [-0.39, 0.29) is 10.8 Å². The molecule has 3 aromatic heterocycles. The molecular weight excluding hydrogens is 1070 g/mol. The summed E-state index contributed by atoms with van der Waals surface area (Å²) >= 11 is 0. The molecule has 0 bridgehead atoms. The monoisotopic (exact) mass is 1140 g/mol. The zero-order valence-corrected chi connectivity index (χ0v) is 50.0. The maximum absolute atomic E-state index is 5.68. The van der Waals surface area contributed by atoms with Crippen LogP contribution in [-0.2, 0) is 10.8 Å². The Morgan fingerprint density at radius 2 is 0.580 bits per heavy atom. The van der Waals surface area contributed by atoms with E-state index in [0.717, 1.165) is 107 Å². The quantitative estimate of drug-likeness (QED) is 0.125. The van der Waals surface area contributed by atoms with Gasteiger partial charge in [0, 0.05) is 50.6 Å². The number of hydrogen-bond acceptors (Lipinski definition) is 9. The van der Waals surface area contributed by atoms with Gasteiger partial charge in [0.05, 0.1) is 51.1 Å².